The predicted molar refractivity (Wildman–Crippen MR) is 86.4 cm³/mol. The Hall–Kier alpha value is -2.10. The van der Waals surface area contributed by atoms with Crippen LogP contribution in [-0.4, -0.2) is 24.0 Å². The van der Waals surface area contributed by atoms with Crippen LogP contribution in [0.4, 0.5) is 5.69 Å². The number of allylic oxidation sites excluding steroid dienone is 1. The van der Waals surface area contributed by atoms with E-state index in [9.17, 15) is 4.79 Å². The molecule has 4 nitrogen and oxygen atoms in total. The van der Waals surface area contributed by atoms with Gasteiger partial charge in [-0.05, 0) is 38.2 Å². The number of nitrogens with zero attached hydrogens (tertiary/aromatic N) is 1. The van der Waals surface area contributed by atoms with Crippen LogP contribution in [0.15, 0.2) is 42.8 Å². The van der Waals surface area contributed by atoms with E-state index in [4.69, 9.17) is 0 Å². The first-order chi connectivity index (χ1) is 10.3. The van der Waals surface area contributed by atoms with E-state index in [1.165, 1.54) is 31.3 Å². The molecule has 2 N–H and O–H groups in total. The number of nitrogens with one attached hydrogen (secondary N) is 2. The number of carbonyl (C=O) groups is 1. The molecule has 0 saturated heterocycles. The Bertz CT molecular complexity index is 523. The normalized spacial score (nSPS) is 14.2. The van der Waals surface area contributed by atoms with Gasteiger partial charge in [0.1, 0.15) is 0 Å². The van der Waals surface area contributed by atoms with E-state index in [-0.39, 0.29) is 5.91 Å². The average Bonchev–Trinajstić information content (AvgIpc) is 2.54. The fraction of sp³-hybridized carbons (Fsp3) is 0.412. The van der Waals surface area contributed by atoms with Gasteiger partial charge >= 0.3 is 0 Å². The van der Waals surface area contributed by atoms with Crippen molar-refractivity contribution in [1.82, 2.24) is 10.3 Å². The summed E-state index contributed by atoms with van der Waals surface area (Å²) < 4.78 is 0. The van der Waals surface area contributed by atoms with Crippen LogP contribution in [-0.2, 0) is 0 Å². The third-order valence-electron chi connectivity index (χ3n) is 3.57. The fourth-order valence-electron chi connectivity index (χ4n) is 2.42. The van der Waals surface area contributed by atoms with E-state index < -0.39 is 0 Å². The highest BCUT2D eigenvalue weighted by atomic mass is 16.1. The molecule has 0 aliphatic heterocycles. The van der Waals surface area contributed by atoms with Crippen LogP contribution in [0.1, 0.15) is 42.5 Å². The van der Waals surface area contributed by atoms with Crippen LogP contribution >= 0.6 is 0 Å². The van der Waals surface area contributed by atoms with Crippen molar-refractivity contribution >= 4 is 11.6 Å². The van der Waals surface area contributed by atoms with Gasteiger partial charge in [-0.1, -0.05) is 17.7 Å². The number of amides is 1. The number of rotatable bonds is 7. The first-order valence-electron chi connectivity index (χ1n) is 7.55. The standard InChI is InChI=1S/C17H23N3O/c1-2-9-19-16-11-15(12-18-13-16)17(21)20-10-8-14-6-4-3-5-7-14/h2,6,11-13,19H,1,3-5,7-10H2,(H,20,21). The third kappa shape index (κ3) is 5.06. The van der Waals surface area contributed by atoms with E-state index in [2.05, 4.69) is 28.3 Å². The van der Waals surface area contributed by atoms with Crippen molar-refractivity contribution in [3.8, 4) is 0 Å². The van der Waals surface area contributed by atoms with Crippen molar-refractivity contribution in [2.45, 2.75) is 32.1 Å². The molecular formula is C17H23N3O. The van der Waals surface area contributed by atoms with Crippen molar-refractivity contribution in [3.05, 3.63) is 48.3 Å². The third-order valence-corrected chi connectivity index (χ3v) is 3.57. The predicted octanol–water partition coefficient (Wildman–Crippen LogP) is 3.30. The summed E-state index contributed by atoms with van der Waals surface area (Å²) in [5.41, 5.74) is 2.89. The maximum absolute atomic E-state index is 12.1. The molecule has 1 aliphatic carbocycles. The summed E-state index contributed by atoms with van der Waals surface area (Å²) in [6.45, 7) is 4.99. The molecule has 0 atom stereocenters. The molecule has 0 aromatic carbocycles. The van der Waals surface area contributed by atoms with Gasteiger partial charge in [-0.15, -0.1) is 6.58 Å². The lowest BCUT2D eigenvalue weighted by Crippen LogP contribution is -2.25. The van der Waals surface area contributed by atoms with Crippen LogP contribution in [0.25, 0.3) is 0 Å². The summed E-state index contributed by atoms with van der Waals surface area (Å²) in [4.78, 5) is 16.2. The maximum Gasteiger partial charge on any atom is 0.252 e. The van der Waals surface area contributed by atoms with Crippen LogP contribution < -0.4 is 10.6 Å². The average molecular weight is 285 g/mol. The van der Waals surface area contributed by atoms with Crippen LogP contribution in [0, 0.1) is 0 Å². The molecule has 2 rings (SSSR count). The number of hydrogen-bond acceptors (Lipinski definition) is 3. The first kappa shape index (κ1) is 15.3. The minimum absolute atomic E-state index is 0.0684. The number of aromatic nitrogens is 1. The highest BCUT2D eigenvalue weighted by Gasteiger charge is 2.08. The van der Waals surface area contributed by atoms with E-state index >= 15 is 0 Å². The maximum atomic E-state index is 12.1. The van der Waals surface area contributed by atoms with E-state index in [0.717, 1.165) is 12.1 Å². The Morgan fingerprint density at radius 3 is 3.05 bits per heavy atom. The molecule has 4 heteroatoms. The lowest BCUT2D eigenvalue weighted by atomic mass is 9.97. The van der Waals surface area contributed by atoms with Crippen molar-refractivity contribution in [3.63, 3.8) is 0 Å². The lowest BCUT2D eigenvalue weighted by molar-refractivity contribution is 0.0953. The van der Waals surface area contributed by atoms with Gasteiger partial charge in [-0.25, -0.2) is 0 Å². The zero-order chi connectivity index (χ0) is 14.9. The van der Waals surface area contributed by atoms with Crippen molar-refractivity contribution in [1.29, 1.82) is 0 Å². The second-order valence-electron chi connectivity index (χ2n) is 5.25. The highest BCUT2D eigenvalue weighted by Crippen LogP contribution is 2.19. The molecule has 0 unspecified atom stereocenters. The molecule has 0 radical (unpaired) electrons. The number of anilines is 1. The SMILES string of the molecule is C=CCNc1cncc(C(=O)NCCC2=CCCCC2)c1. The largest absolute Gasteiger partial charge is 0.380 e. The van der Waals surface area contributed by atoms with Gasteiger partial charge in [-0.3, -0.25) is 9.78 Å². The Kier molecular flexibility index (Phi) is 6.00. The number of pyridine rings is 1. The molecule has 1 aromatic rings. The Labute approximate surface area is 126 Å². The van der Waals surface area contributed by atoms with Crippen molar-refractivity contribution < 1.29 is 4.79 Å². The monoisotopic (exact) mass is 285 g/mol. The first-order valence-corrected chi connectivity index (χ1v) is 7.55. The number of hydrogen-bond donors (Lipinski definition) is 2. The van der Waals surface area contributed by atoms with Gasteiger partial charge in [0.2, 0.25) is 0 Å². The zero-order valence-electron chi connectivity index (χ0n) is 12.4. The highest BCUT2D eigenvalue weighted by molar-refractivity contribution is 5.94. The van der Waals surface area contributed by atoms with Crippen LogP contribution in [0.2, 0.25) is 0 Å². The van der Waals surface area contributed by atoms with Crippen molar-refractivity contribution in [2.24, 2.45) is 0 Å². The van der Waals surface area contributed by atoms with E-state index in [1.807, 2.05) is 6.07 Å². The van der Waals surface area contributed by atoms with Gasteiger partial charge < -0.3 is 10.6 Å². The Morgan fingerprint density at radius 2 is 2.29 bits per heavy atom. The summed E-state index contributed by atoms with van der Waals surface area (Å²) in [5.74, 6) is -0.0684. The smallest absolute Gasteiger partial charge is 0.252 e. The topological polar surface area (TPSA) is 54.0 Å². The minimum Gasteiger partial charge on any atom is -0.380 e. The molecule has 0 fully saturated rings. The van der Waals surface area contributed by atoms with E-state index in [1.54, 1.807) is 18.5 Å². The quantitative estimate of drug-likeness (QED) is 0.756. The molecule has 1 heterocycles. The molecule has 1 amide bonds. The second-order valence-corrected chi connectivity index (χ2v) is 5.25. The molecule has 0 bridgehead atoms. The molecule has 1 aromatic heterocycles. The molecule has 21 heavy (non-hydrogen) atoms. The summed E-state index contributed by atoms with van der Waals surface area (Å²) in [6, 6.07) is 1.81. The van der Waals surface area contributed by atoms with Crippen molar-refractivity contribution in [2.75, 3.05) is 18.4 Å². The van der Waals surface area contributed by atoms with Gasteiger partial charge in [0.15, 0.2) is 0 Å². The molecule has 0 saturated carbocycles. The van der Waals surface area contributed by atoms with Gasteiger partial charge in [-0.2, -0.15) is 0 Å². The molecule has 112 valence electrons. The summed E-state index contributed by atoms with van der Waals surface area (Å²) >= 11 is 0. The van der Waals surface area contributed by atoms with Gasteiger partial charge in [0, 0.05) is 25.5 Å². The minimum atomic E-state index is -0.0684. The molecular weight excluding hydrogens is 262 g/mol. The fourth-order valence-corrected chi connectivity index (χ4v) is 2.42. The van der Waals surface area contributed by atoms with Crippen LogP contribution in [0.3, 0.4) is 0 Å². The summed E-state index contributed by atoms with van der Waals surface area (Å²) in [6.07, 6.45) is 13.3. The Balaban J connectivity index is 1.82. The van der Waals surface area contributed by atoms with Gasteiger partial charge in [0.25, 0.3) is 5.91 Å². The lowest BCUT2D eigenvalue weighted by Gasteiger charge is -2.13. The zero-order valence-corrected chi connectivity index (χ0v) is 12.4. The van der Waals surface area contributed by atoms with E-state index in [0.29, 0.717) is 18.7 Å². The van der Waals surface area contributed by atoms with Gasteiger partial charge in [0.05, 0.1) is 11.3 Å². The summed E-state index contributed by atoms with van der Waals surface area (Å²) in [7, 11) is 0. The Morgan fingerprint density at radius 1 is 1.38 bits per heavy atom. The van der Waals surface area contributed by atoms with Crippen LogP contribution in [0.5, 0.6) is 0 Å². The second kappa shape index (κ2) is 8.25. The number of carbonyl (C=O) groups excluding carboxylic acids is 1. The summed E-state index contributed by atoms with van der Waals surface area (Å²) in [5, 5.41) is 6.09. The molecule has 0 spiro atoms. The molecule has 1 aliphatic rings.